The first-order chi connectivity index (χ1) is 14.3. The van der Waals surface area contributed by atoms with Crippen molar-refractivity contribution in [2.75, 3.05) is 18.0 Å². The summed E-state index contributed by atoms with van der Waals surface area (Å²) in [4.78, 5) is 25.6. The summed E-state index contributed by atoms with van der Waals surface area (Å²) in [6, 6.07) is 11.1. The highest BCUT2D eigenvalue weighted by atomic mass is 35.5. The number of nitrogens with zero attached hydrogens (tertiary/aromatic N) is 2. The molecule has 0 aliphatic carbocycles. The second kappa shape index (κ2) is 8.02. The van der Waals surface area contributed by atoms with Gasteiger partial charge in [0.2, 0.25) is 10.0 Å². The molecule has 2 aromatic rings. The Kier molecular flexibility index (Phi) is 5.57. The summed E-state index contributed by atoms with van der Waals surface area (Å²) in [5.74, 6) is -0.116. The minimum Gasteiger partial charge on any atom is -0.444 e. The van der Waals surface area contributed by atoms with Crippen LogP contribution < -0.4 is 4.90 Å². The molecule has 1 saturated heterocycles. The Bertz CT molecular complexity index is 1090. The molecule has 1 amide bonds. The van der Waals surface area contributed by atoms with E-state index in [9.17, 15) is 18.0 Å². The van der Waals surface area contributed by atoms with Gasteiger partial charge in [-0.15, -0.1) is 0 Å². The third-order valence-corrected chi connectivity index (χ3v) is 7.68. The van der Waals surface area contributed by atoms with Crippen LogP contribution in [0.15, 0.2) is 47.4 Å². The molecule has 0 radical (unpaired) electrons. The van der Waals surface area contributed by atoms with Gasteiger partial charge in [0.05, 0.1) is 10.6 Å². The molecule has 7 nitrogen and oxygen atoms in total. The van der Waals surface area contributed by atoms with E-state index in [0.29, 0.717) is 23.4 Å². The summed E-state index contributed by atoms with van der Waals surface area (Å²) in [5.41, 5.74) is 2.06. The van der Waals surface area contributed by atoms with Gasteiger partial charge >= 0.3 is 6.09 Å². The van der Waals surface area contributed by atoms with Gasteiger partial charge in [0, 0.05) is 35.3 Å². The first-order valence-corrected chi connectivity index (χ1v) is 11.4. The van der Waals surface area contributed by atoms with Crippen molar-refractivity contribution in [3.05, 3.63) is 58.6 Å². The van der Waals surface area contributed by atoms with Crippen LogP contribution in [0.25, 0.3) is 0 Å². The van der Waals surface area contributed by atoms with Crippen LogP contribution >= 0.6 is 11.6 Å². The van der Waals surface area contributed by atoms with Crippen molar-refractivity contribution >= 4 is 39.2 Å². The number of Topliss-reactive ketones (excluding diaryl/α,β-unsaturated/α-hetero) is 1. The first-order valence-electron chi connectivity index (χ1n) is 9.63. The number of amides is 1. The van der Waals surface area contributed by atoms with Gasteiger partial charge in [-0.3, -0.25) is 9.69 Å². The number of benzene rings is 2. The van der Waals surface area contributed by atoms with Gasteiger partial charge in [-0.05, 0) is 50.1 Å². The number of cyclic esters (lactones) is 1. The molecule has 1 fully saturated rings. The van der Waals surface area contributed by atoms with Crippen molar-refractivity contribution in [1.29, 1.82) is 0 Å². The predicted octanol–water partition coefficient (Wildman–Crippen LogP) is 3.85. The van der Waals surface area contributed by atoms with Gasteiger partial charge in [0.1, 0.15) is 6.61 Å². The van der Waals surface area contributed by atoms with Crippen LogP contribution in [-0.2, 0) is 21.4 Å². The van der Waals surface area contributed by atoms with Crippen molar-refractivity contribution in [3.63, 3.8) is 0 Å². The molecule has 0 aromatic heterocycles. The number of ether oxygens (including phenoxy) is 1. The molecule has 0 saturated carbocycles. The molecule has 2 aliphatic heterocycles. The monoisotopic (exact) mass is 448 g/mol. The van der Waals surface area contributed by atoms with Crippen LogP contribution in [0.5, 0.6) is 0 Å². The zero-order chi connectivity index (χ0) is 21.5. The SMILES string of the molecule is CC(=O)c1ccc(S(=O)(=O)N2CCC(N3C(=O)OCc4cc(Cl)ccc43)CC2)cc1. The second-order valence-corrected chi connectivity index (χ2v) is 9.79. The number of rotatable bonds is 4. The molecule has 2 aromatic carbocycles. The first kappa shape index (κ1) is 20.8. The average Bonchev–Trinajstić information content (AvgIpc) is 2.74. The largest absolute Gasteiger partial charge is 0.444 e. The van der Waals surface area contributed by atoms with E-state index in [1.165, 1.54) is 35.5 Å². The average molecular weight is 449 g/mol. The number of halogens is 1. The Morgan fingerprint density at radius 3 is 2.40 bits per heavy atom. The number of hydrogen-bond donors (Lipinski definition) is 0. The summed E-state index contributed by atoms with van der Waals surface area (Å²) >= 11 is 6.05. The summed E-state index contributed by atoms with van der Waals surface area (Å²) in [6.45, 7) is 2.18. The molecular formula is C21H21ClN2O5S. The van der Waals surface area contributed by atoms with Gasteiger partial charge < -0.3 is 4.74 Å². The van der Waals surface area contributed by atoms with E-state index in [-0.39, 0.29) is 36.4 Å². The van der Waals surface area contributed by atoms with Crippen LogP contribution in [0.1, 0.15) is 35.7 Å². The van der Waals surface area contributed by atoms with Crippen molar-refractivity contribution in [1.82, 2.24) is 4.31 Å². The fraction of sp³-hybridized carbons (Fsp3) is 0.333. The summed E-state index contributed by atoms with van der Waals surface area (Å²) in [6.07, 6.45) is 0.551. The number of carbonyl (C=O) groups excluding carboxylic acids is 2. The summed E-state index contributed by atoms with van der Waals surface area (Å²) < 4.78 is 32.7. The quantitative estimate of drug-likeness (QED) is 0.663. The van der Waals surface area contributed by atoms with E-state index in [1.807, 2.05) is 0 Å². The summed E-state index contributed by atoms with van der Waals surface area (Å²) in [5, 5.41) is 0.573. The van der Waals surface area contributed by atoms with Gasteiger partial charge in [-0.2, -0.15) is 4.31 Å². The lowest BCUT2D eigenvalue weighted by molar-refractivity contribution is 0.101. The molecule has 30 heavy (non-hydrogen) atoms. The van der Waals surface area contributed by atoms with Crippen molar-refractivity contribution in [2.45, 2.75) is 37.3 Å². The Morgan fingerprint density at radius 2 is 1.77 bits per heavy atom. The zero-order valence-corrected chi connectivity index (χ0v) is 17.9. The smallest absolute Gasteiger partial charge is 0.414 e. The highest BCUT2D eigenvalue weighted by Gasteiger charge is 2.37. The minimum atomic E-state index is -3.67. The normalized spacial score (nSPS) is 18.1. The van der Waals surface area contributed by atoms with Crippen LogP contribution in [0.3, 0.4) is 0 Å². The number of piperidine rings is 1. The van der Waals surface area contributed by atoms with Crippen LogP contribution in [-0.4, -0.2) is 43.7 Å². The molecule has 0 atom stereocenters. The fourth-order valence-electron chi connectivity index (χ4n) is 3.91. The van der Waals surface area contributed by atoms with Crippen LogP contribution in [0.4, 0.5) is 10.5 Å². The lowest BCUT2D eigenvalue weighted by atomic mass is 10.0. The van der Waals surface area contributed by atoms with Gasteiger partial charge in [-0.1, -0.05) is 23.7 Å². The standard InChI is InChI=1S/C21H21ClN2O5S/c1-14(25)15-2-5-19(6-3-15)30(27,28)23-10-8-18(9-11-23)24-20-7-4-17(22)12-16(20)13-29-21(24)26/h2-7,12,18H,8-11,13H2,1H3. The Balaban J connectivity index is 1.50. The number of anilines is 1. The molecule has 9 heteroatoms. The Hall–Kier alpha value is -2.42. The third kappa shape index (κ3) is 3.82. The van der Waals surface area contributed by atoms with E-state index < -0.39 is 16.1 Å². The second-order valence-electron chi connectivity index (χ2n) is 7.41. The van der Waals surface area contributed by atoms with E-state index in [0.717, 1.165) is 11.3 Å². The Labute approximate surface area is 180 Å². The van der Waals surface area contributed by atoms with Crippen molar-refractivity contribution in [3.8, 4) is 0 Å². The highest BCUT2D eigenvalue weighted by Crippen LogP contribution is 2.34. The Morgan fingerprint density at radius 1 is 1.10 bits per heavy atom. The molecule has 0 bridgehead atoms. The van der Waals surface area contributed by atoms with E-state index in [1.54, 1.807) is 23.1 Å². The van der Waals surface area contributed by atoms with Gasteiger partial charge in [0.15, 0.2) is 5.78 Å². The molecule has 0 unspecified atom stereocenters. The molecule has 158 valence electrons. The zero-order valence-electron chi connectivity index (χ0n) is 16.4. The fourth-order valence-corrected chi connectivity index (χ4v) is 5.57. The highest BCUT2D eigenvalue weighted by molar-refractivity contribution is 7.89. The lowest BCUT2D eigenvalue weighted by Gasteiger charge is -2.39. The van der Waals surface area contributed by atoms with Gasteiger partial charge in [0.25, 0.3) is 0 Å². The van der Waals surface area contributed by atoms with Crippen LogP contribution in [0.2, 0.25) is 5.02 Å². The molecule has 0 spiro atoms. The molecular weight excluding hydrogens is 428 g/mol. The lowest BCUT2D eigenvalue weighted by Crippen LogP contribution is -2.50. The molecule has 2 heterocycles. The number of ketones is 1. The molecule has 2 aliphatic rings. The maximum atomic E-state index is 13.0. The molecule has 4 rings (SSSR count). The maximum absolute atomic E-state index is 13.0. The topological polar surface area (TPSA) is 84.0 Å². The molecule has 0 N–H and O–H groups in total. The van der Waals surface area contributed by atoms with E-state index in [2.05, 4.69) is 0 Å². The van der Waals surface area contributed by atoms with E-state index in [4.69, 9.17) is 16.3 Å². The van der Waals surface area contributed by atoms with Crippen molar-refractivity contribution in [2.24, 2.45) is 0 Å². The van der Waals surface area contributed by atoms with Gasteiger partial charge in [-0.25, -0.2) is 13.2 Å². The summed E-state index contributed by atoms with van der Waals surface area (Å²) in [7, 11) is -3.67. The number of hydrogen-bond acceptors (Lipinski definition) is 5. The van der Waals surface area contributed by atoms with Crippen LogP contribution in [0, 0.1) is 0 Å². The van der Waals surface area contributed by atoms with E-state index >= 15 is 0 Å². The van der Waals surface area contributed by atoms with Crippen molar-refractivity contribution < 1.29 is 22.7 Å². The number of fused-ring (bicyclic) bond motifs is 1. The third-order valence-electron chi connectivity index (χ3n) is 5.54. The maximum Gasteiger partial charge on any atom is 0.414 e. The number of carbonyl (C=O) groups is 2. The number of sulfonamides is 1. The minimum absolute atomic E-state index is 0.116. The predicted molar refractivity (Wildman–Crippen MR) is 112 cm³/mol.